The van der Waals surface area contributed by atoms with E-state index in [0.29, 0.717) is 24.5 Å². The van der Waals surface area contributed by atoms with Crippen molar-refractivity contribution in [3.05, 3.63) is 46.4 Å². The molecule has 0 saturated heterocycles. The van der Waals surface area contributed by atoms with Gasteiger partial charge in [0.2, 0.25) is 0 Å². The molecule has 3 aromatic rings. The van der Waals surface area contributed by atoms with Crippen LogP contribution < -0.4 is 14.8 Å². The van der Waals surface area contributed by atoms with Gasteiger partial charge >= 0.3 is 0 Å². The van der Waals surface area contributed by atoms with Crippen LogP contribution in [0, 0.1) is 13.8 Å². The Hall–Kier alpha value is -3.29. The van der Waals surface area contributed by atoms with Crippen LogP contribution in [0.25, 0.3) is 11.3 Å². The fraction of sp³-hybridized carbons (Fsp3) is 0.409. The van der Waals surface area contributed by atoms with Gasteiger partial charge in [-0.05, 0) is 45.9 Å². The second-order valence-electron chi connectivity index (χ2n) is 7.65. The van der Waals surface area contributed by atoms with Crippen LogP contribution in [0.4, 0.5) is 0 Å². The third-order valence-electron chi connectivity index (χ3n) is 5.41. The SMILES string of the molecule is CCOc1cc2c(cc1CNC(=O)c1cc(-c3c(C)nn(C)c3C)n[nH]1)OC(C)C2. The molecular weight excluding hydrogens is 382 g/mol. The van der Waals surface area contributed by atoms with Crippen LogP contribution in [0.3, 0.4) is 0 Å². The first-order valence-corrected chi connectivity index (χ1v) is 10.2. The molecular formula is C22H27N5O3. The van der Waals surface area contributed by atoms with E-state index in [9.17, 15) is 4.79 Å². The molecule has 1 aliphatic rings. The zero-order valence-corrected chi connectivity index (χ0v) is 18.0. The van der Waals surface area contributed by atoms with Crippen LogP contribution in [0.5, 0.6) is 11.5 Å². The lowest BCUT2D eigenvalue weighted by atomic mass is 10.1. The first-order chi connectivity index (χ1) is 14.4. The van der Waals surface area contributed by atoms with Gasteiger partial charge < -0.3 is 14.8 Å². The van der Waals surface area contributed by atoms with E-state index in [1.807, 2.05) is 51.6 Å². The van der Waals surface area contributed by atoms with E-state index in [2.05, 4.69) is 20.6 Å². The zero-order chi connectivity index (χ0) is 21.4. The van der Waals surface area contributed by atoms with Crippen LogP contribution in [0.2, 0.25) is 0 Å². The van der Waals surface area contributed by atoms with E-state index in [1.165, 1.54) is 0 Å². The standard InChI is InChI=1S/C22H27N5O3/c1-6-29-19-8-15-7-12(2)30-20(15)9-16(19)11-23-22(28)18-10-17(24-25-18)21-13(3)26-27(5)14(21)4/h8-10,12H,6-7,11H2,1-5H3,(H,23,28)(H,24,25). The number of aromatic amines is 1. The lowest BCUT2D eigenvalue weighted by molar-refractivity contribution is 0.0945. The lowest BCUT2D eigenvalue weighted by Gasteiger charge is -2.13. The van der Waals surface area contributed by atoms with Crippen molar-refractivity contribution in [3.8, 4) is 22.8 Å². The van der Waals surface area contributed by atoms with Gasteiger partial charge in [-0.3, -0.25) is 14.6 Å². The molecule has 1 unspecified atom stereocenters. The maximum atomic E-state index is 12.7. The highest BCUT2D eigenvalue weighted by Crippen LogP contribution is 2.35. The summed E-state index contributed by atoms with van der Waals surface area (Å²) in [5.74, 6) is 1.41. The van der Waals surface area contributed by atoms with Crippen LogP contribution >= 0.6 is 0 Å². The first-order valence-electron chi connectivity index (χ1n) is 10.2. The summed E-state index contributed by atoms with van der Waals surface area (Å²) in [6.45, 7) is 8.80. The number of aryl methyl sites for hydroxylation is 2. The van der Waals surface area contributed by atoms with Crippen molar-refractivity contribution in [2.24, 2.45) is 7.05 Å². The number of rotatable bonds is 6. The van der Waals surface area contributed by atoms with Crippen molar-refractivity contribution >= 4 is 5.91 Å². The summed E-state index contributed by atoms with van der Waals surface area (Å²) < 4.78 is 13.5. The smallest absolute Gasteiger partial charge is 0.269 e. The van der Waals surface area contributed by atoms with Gasteiger partial charge in [0.25, 0.3) is 5.91 Å². The quantitative estimate of drug-likeness (QED) is 0.653. The lowest BCUT2D eigenvalue weighted by Crippen LogP contribution is -2.23. The topological polar surface area (TPSA) is 94.1 Å². The van der Waals surface area contributed by atoms with E-state index in [1.54, 1.807) is 6.07 Å². The van der Waals surface area contributed by atoms with Crippen molar-refractivity contribution in [3.63, 3.8) is 0 Å². The average Bonchev–Trinajstić information content (AvgIpc) is 3.37. The maximum Gasteiger partial charge on any atom is 0.269 e. The molecule has 1 amide bonds. The number of carbonyl (C=O) groups is 1. The molecule has 1 aromatic carbocycles. The van der Waals surface area contributed by atoms with E-state index in [-0.39, 0.29) is 12.0 Å². The number of benzene rings is 1. The van der Waals surface area contributed by atoms with Crippen LogP contribution in [0.1, 0.15) is 46.9 Å². The second-order valence-corrected chi connectivity index (χ2v) is 7.65. The number of aromatic nitrogens is 4. The monoisotopic (exact) mass is 409 g/mol. The van der Waals surface area contributed by atoms with Gasteiger partial charge in [-0.2, -0.15) is 10.2 Å². The molecule has 0 spiro atoms. The van der Waals surface area contributed by atoms with E-state index in [0.717, 1.165) is 46.0 Å². The zero-order valence-electron chi connectivity index (χ0n) is 18.0. The largest absolute Gasteiger partial charge is 0.494 e. The molecule has 2 aromatic heterocycles. The molecule has 2 N–H and O–H groups in total. The Kier molecular flexibility index (Phi) is 5.24. The van der Waals surface area contributed by atoms with Crippen molar-refractivity contribution in [2.75, 3.05) is 6.61 Å². The predicted octanol–water partition coefficient (Wildman–Crippen LogP) is 3.08. The second kappa shape index (κ2) is 7.85. The van der Waals surface area contributed by atoms with Gasteiger partial charge in [-0.1, -0.05) is 0 Å². The van der Waals surface area contributed by atoms with Gasteiger partial charge in [-0.15, -0.1) is 0 Å². The number of carbonyl (C=O) groups excluding carboxylic acids is 1. The Balaban J connectivity index is 1.51. The molecule has 30 heavy (non-hydrogen) atoms. The minimum Gasteiger partial charge on any atom is -0.494 e. The van der Waals surface area contributed by atoms with Gasteiger partial charge in [0.15, 0.2) is 0 Å². The van der Waals surface area contributed by atoms with Gasteiger partial charge in [0, 0.05) is 42.4 Å². The normalized spacial score (nSPS) is 15.0. The summed E-state index contributed by atoms with van der Waals surface area (Å²) in [6.07, 6.45) is 1.02. The molecule has 3 heterocycles. The Morgan fingerprint density at radius 1 is 1.37 bits per heavy atom. The number of nitrogens with one attached hydrogen (secondary N) is 2. The summed E-state index contributed by atoms with van der Waals surface area (Å²) in [7, 11) is 1.89. The first kappa shape index (κ1) is 20.0. The number of hydrogen-bond acceptors (Lipinski definition) is 5. The Bertz CT molecular complexity index is 1100. The van der Waals surface area contributed by atoms with Gasteiger partial charge in [0.1, 0.15) is 23.3 Å². The van der Waals surface area contributed by atoms with E-state index < -0.39 is 0 Å². The number of fused-ring (bicyclic) bond motifs is 1. The summed E-state index contributed by atoms with van der Waals surface area (Å²) >= 11 is 0. The summed E-state index contributed by atoms with van der Waals surface area (Å²) in [6, 6.07) is 5.74. The molecule has 4 rings (SSSR count). The predicted molar refractivity (Wildman–Crippen MR) is 113 cm³/mol. The highest BCUT2D eigenvalue weighted by Gasteiger charge is 2.22. The molecule has 158 valence electrons. The molecule has 0 saturated carbocycles. The number of hydrogen-bond donors (Lipinski definition) is 2. The molecule has 8 nitrogen and oxygen atoms in total. The number of amides is 1. The Morgan fingerprint density at radius 3 is 2.87 bits per heavy atom. The number of H-pyrrole nitrogens is 1. The molecule has 0 aliphatic carbocycles. The molecule has 8 heteroatoms. The van der Waals surface area contributed by atoms with Crippen molar-refractivity contribution < 1.29 is 14.3 Å². The third kappa shape index (κ3) is 3.65. The molecule has 0 bridgehead atoms. The maximum absolute atomic E-state index is 12.7. The fourth-order valence-corrected chi connectivity index (χ4v) is 3.89. The van der Waals surface area contributed by atoms with Gasteiger partial charge in [-0.25, -0.2) is 0 Å². The fourth-order valence-electron chi connectivity index (χ4n) is 3.89. The van der Waals surface area contributed by atoms with Crippen LogP contribution in [-0.4, -0.2) is 38.6 Å². The summed E-state index contributed by atoms with van der Waals surface area (Å²) in [5.41, 5.74) is 5.95. The Morgan fingerprint density at radius 2 is 2.17 bits per heavy atom. The van der Waals surface area contributed by atoms with Crippen LogP contribution in [-0.2, 0) is 20.0 Å². The Labute approximate surface area is 175 Å². The number of ether oxygens (including phenoxy) is 2. The van der Waals surface area contributed by atoms with E-state index in [4.69, 9.17) is 9.47 Å². The highest BCUT2D eigenvalue weighted by atomic mass is 16.5. The number of nitrogens with zero attached hydrogens (tertiary/aromatic N) is 3. The molecule has 1 aliphatic heterocycles. The average molecular weight is 409 g/mol. The van der Waals surface area contributed by atoms with Crippen LogP contribution in [0.15, 0.2) is 18.2 Å². The van der Waals surface area contributed by atoms with E-state index >= 15 is 0 Å². The minimum atomic E-state index is -0.231. The summed E-state index contributed by atoms with van der Waals surface area (Å²) in [5, 5.41) is 14.5. The van der Waals surface area contributed by atoms with Crippen molar-refractivity contribution in [1.82, 2.24) is 25.3 Å². The minimum absolute atomic E-state index is 0.155. The van der Waals surface area contributed by atoms with Gasteiger partial charge in [0.05, 0.1) is 18.0 Å². The summed E-state index contributed by atoms with van der Waals surface area (Å²) in [4.78, 5) is 12.7. The molecule has 1 atom stereocenters. The van der Waals surface area contributed by atoms with Crippen molar-refractivity contribution in [1.29, 1.82) is 0 Å². The highest BCUT2D eigenvalue weighted by molar-refractivity contribution is 5.93. The van der Waals surface area contributed by atoms with Crippen molar-refractivity contribution in [2.45, 2.75) is 46.8 Å². The third-order valence-corrected chi connectivity index (χ3v) is 5.41. The molecule has 0 fully saturated rings. The molecule has 0 radical (unpaired) electrons.